The molecular formula is C33H25N5O4. The number of pyridine rings is 2. The number of carboxylic acid groups (broad SMARTS) is 1. The molecule has 0 aliphatic heterocycles. The molecule has 5 aromatic rings. The summed E-state index contributed by atoms with van der Waals surface area (Å²) in [6.45, 7) is -0.0246. The van der Waals surface area contributed by atoms with E-state index in [0.29, 0.717) is 38.9 Å². The van der Waals surface area contributed by atoms with Crippen LogP contribution in [0.25, 0.3) is 22.2 Å². The Bertz CT molecular complexity index is 1830. The molecule has 2 aromatic heterocycles. The maximum atomic E-state index is 12.6. The number of fused-ring (bicyclic) bond motifs is 1. The third-order valence-corrected chi connectivity index (χ3v) is 6.63. The summed E-state index contributed by atoms with van der Waals surface area (Å²) in [6.07, 6.45) is 3.19. The van der Waals surface area contributed by atoms with E-state index in [4.69, 9.17) is 5.84 Å². The quantitative estimate of drug-likeness (QED) is 0.103. The van der Waals surface area contributed by atoms with Crippen molar-refractivity contribution in [1.29, 1.82) is 0 Å². The van der Waals surface area contributed by atoms with Gasteiger partial charge in [0, 0.05) is 46.6 Å². The van der Waals surface area contributed by atoms with E-state index in [2.05, 4.69) is 32.6 Å². The van der Waals surface area contributed by atoms with E-state index in [1.165, 1.54) is 0 Å². The number of nitrogens with one attached hydrogen (secondary N) is 2. The van der Waals surface area contributed by atoms with Crippen LogP contribution in [0.15, 0.2) is 103 Å². The minimum absolute atomic E-state index is 0.0246. The molecule has 42 heavy (non-hydrogen) atoms. The van der Waals surface area contributed by atoms with Gasteiger partial charge in [0.2, 0.25) is 0 Å². The lowest BCUT2D eigenvalue weighted by Gasteiger charge is -2.14. The van der Waals surface area contributed by atoms with Gasteiger partial charge in [0.05, 0.1) is 22.7 Å². The van der Waals surface area contributed by atoms with Gasteiger partial charge in [-0.15, -0.1) is 0 Å². The van der Waals surface area contributed by atoms with Crippen LogP contribution in [0.5, 0.6) is 0 Å². The second-order valence-corrected chi connectivity index (χ2v) is 9.34. The number of benzene rings is 3. The first-order chi connectivity index (χ1) is 20.4. The summed E-state index contributed by atoms with van der Waals surface area (Å²) >= 11 is 0. The number of nitrogens with zero attached hydrogens (tertiary/aromatic N) is 2. The lowest BCUT2D eigenvalue weighted by Crippen LogP contribution is -2.31. The van der Waals surface area contributed by atoms with E-state index in [1.807, 2.05) is 30.3 Å². The number of nitrogen functional groups attached to an aromatic ring is 1. The van der Waals surface area contributed by atoms with Crippen LogP contribution in [-0.2, 0) is 4.79 Å². The van der Waals surface area contributed by atoms with E-state index < -0.39 is 17.8 Å². The predicted octanol–water partition coefficient (Wildman–Crippen LogP) is 3.90. The maximum Gasteiger partial charge on any atom is 0.312 e. The molecule has 0 aliphatic rings. The topological polar surface area (TPSA) is 147 Å². The minimum Gasteiger partial charge on any atom is -0.481 e. The lowest BCUT2D eigenvalue weighted by molar-refractivity contribution is -0.138. The first-order valence-electron chi connectivity index (χ1n) is 13.0. The number of nitrogens with two attached hydrogens (primary N) is 1. The molecule has 0 bridgehead atoms. The Kier molecular flexibility index (Phi) is 8.28. The summed E-state index contributed by atoms with van der Waals surface area (Å²) in [5.41, 5.74) is 7.10. The number of rotatable bonds is 7. The monoisotopic (exact) mass is 555 g/mol. The SMILES string of the molecule is NNC(=O)c1cc(-c2ccc(C#Cc3ccc(C(=O)NCC(C(=O)O)c4ccccc4)cc3)cc2)nc2ccncc12. The summed E-state index contributed by atoms with van der Waals surface area (Å²) in [6, 6.07) is 26.4. The van der Waals surface area contributed by atoms with Crippen LogP contribution in [0.4, 0.5) is 0 Å². The highest BCUT2D eigenvalue weighted by atomic mass is 16.4. The molecule has 5 rings (SSSR count). The lowest BCUT2D eigenvalue weighted by atomic mass is 9.99. The predicted molar refractivity (Wildman–Crippen MR) is 158 cm³/mol. The Morgan fingerprint density at radius 1 is 0.857 bits per heavy atom. The Labute approximate surface area is 241 Å². The van der Waals surface area contributed by atoms with Crippen LogP contribution in [0.3, 0.4) is 0 Å². The molecule has 0 aliphatic carbocycles. The molecule has 0 saturated heterocycles. The molecule has 0 saturated carbocycles. The van der Waals surface area contributed by atoms with Crippen molar-refractivity contribution in [2.45, 2.75) is 5.92 Å². The van der Waals surface area contributed by atoms with Gasteiger partial charge >= 0.3 is 5.97 Å². The van der Waals surface area contributed by atoms with E-state index in [-0.39, 0.29) is 12.5 Å². The van der Waals surface area contributed by atoms with Gasteiger partial charge < -0.3 is 10.4 Å². The van der Waals surface area contributed by atoms with Crippen LogP contribution in [0.1, 0.15) is 43.3 Å². The van der Waals surface area contributed by atoms with Gasteiger partial charge in [-0.05, 0) is 54.1 Å². The summed E-state index contributed by atoms with van der Waals surface area (Å²) in [7, 11) is 0. The number of carboxylic acids is 1. The Balaban J connectivity index is 1.26. The smallest absolute Gasteiger partial charge is 0.312 e. The molecule has 2 heterocycles. The highest BCUT2D eigenvalue weighted by molar-refractivity contribution is 6.06. The second kappa shape index (κ2) is 12.6. The molecule has 1 atom stereocenters. The summed E-state index contributed by atoms with van der Waals surface area (Å²) in [5.74, 6) is 8.91. The van der Waals surface area contributed by atoms with E-state index in [1.54, 1.807) is 73.1 Å². The molecular weight excluding hydrogens is 530 g/mol. The van der Waals surface area contributed by atoms with Crippen molar-refractivity contribution < 1.29 is 19.5 Å². The molecule has 0 radical (unpaired) electrons. The Morgan fingerprint density at radius 3 is 2.17 bits per heavy atom. The number of aliphatic carboxylic acids is 1. The highest BCUT2D eigenvalue weighted by Gasteiger charge is 2.20. The fourth-order valence-electron chi connectivity index (χ4n) is 4.39. The number of amides is 2. The van der Waals surface area contributed by atoms with Crippen LogP contribution < -0.4 is 16.6 Å². The molecule has 206 valence electrons. The standard InChI is InChI=1S/C33H25N5O4/c34-38-32(40)26-18-30(37-29-16-17-35-19-28(26)29)24-12-8-21(9-13-24)6-7-22-10-14-25(15-11-22)31(39)36-20-27(33(41)42)23-4-2-1-3-5-23/h1-5,8-19,27H,20,34H2,(H,36,39)(H,38,40)(H,41,42). The fraction of sp³-hybridized carbons (Fsp3) is 0.0606. The van der Waals surface area contributed by atoms with Crippen LogP contribution >= 0.6 is 0 Å². The fourth-order valence-corrected chi connectivity index (χ4v) is 4.39. The van der Waals surface area contributed by atoms with Gasteiger partial charge in [-0.25, -0.2) is 10.8 Å². The van der Waals surface area contributed by atoms with Gasteiger partial charge in [0.15, 0.2) is 0 Å². The summed E-state index contributed by atoms with van der Waals surface area (Å²) in [4.78, 5) is 45.4. The third-order valence-electron chi connectivity index (χ3n) is 6.63. The number of carbonyl (C=O) groups excluding carboxylic acids is 2. The Hall–Kier alpha value is -5.85. The van der Waals surface area contributed by atoms with Crippen molar-refractivity contribution in [1.82, 2.24) is 20.7 Å². The average molecular weight is 556 g/mol. The van der Waals surface area contributed by atoms with E-state index in [0.717, 1.165) is 11.1 Å². The molecule has 0 fully saturated rings. The van der Waals surface area contributed by atoms with Crippen LogP contribution in [0, 0.1) is 11.8 Å². The Morgan fingerprint density at radius 2 is 1.52 bits per heavy atom. The number of hydrazine groups is 1. The van der Waals surface area contributed by atoms with Crippen molar-refractivity contribution in [3.05, 3.63) is 131 Å². The van der Waals surface area contributed by atoms with Crippen molar-refractivity contribution >= 4 is 28.7 Å². The third kappa shape index (κ3) is 6.31. The molecule has 2 amide bonds. The maximum absolute atomic E-state index is 12.6. The van der Waals surface area contributed by atoms with Crippen molar-refractivity contribution in [2.24, 2.45) is 5.84 Å². The van der Waals surface area contributed by atoms with Crippen molar-refractivity contribution in [2.75, 3.05) is 6.54 Å². The molecule has 3 aromatic carbocycles. The summed E-state index contributed by atoms with van der Waals surface area (Å²) in [5, 5.41) is 12.9. The highest BCUT2D eigenvalue weighted by Crippen LogP contribution is 2.24. The molecule has 5 N–H and O–H groups in total. The summed E-state index contributed by atoms with van der Waals surface area (Å²) < 4.78 is 0. The molecule has 9 heteroatoms. The van der Waals surface area contributed by atoms with Gasteiger partial charge in [0.25, 0.3) is 11.8 Å². The average Bonchev–Trinajstić information content (AvgIpc) is 3.03. The van der Waals surface area contributed by atoms with Crippen LogP contribution in [-0.4, -0.2) is 39.4 Å². The van der Waals surface area contributed by atoms with Gasteiger partial charge in [0.1, 0.15) is 0 Å². The normalized spacial score (nSPS) is 11.2. The first-order valence-corrected chi connectivity index (χ1v) is 13.0. The molecule has 1 unspecified atom stereocenters. The van der Waals surface area contributed by atoms with Gasteiger partial charge in [-0.3, -0.25) is 24.8 Å². The zero-order valence-electron chi connectivity index (χ0n) is 22.2. The van der Waals surface area contributed by atoms with Crippen molar-refractivity contribution in [3.63, 3.8) is 0 Å². The van der Waals surface area contributed by atoms with E-state index >= 15 is 0 Å². The largest absolute Gasteiger partial charge is 0.481 e. The number of carbonyl (C=O) groups is 3. The van der Waals surface area contributed by atoms with Crippen LogP contribution in [0.2, 0.25) is 0 Å². The zero-order chi connectivity index (χ0) is 29.5. The minimum atomic E-state index is -1.00. The van der Waals surface area contributed by atoms with Gasteiger partial charge in [-0.1, -0.05) is 54.3 Å². The second-order valence-electron chi connectivity index (χ2n) is 9.34. The number of aromatic nitrogens is 2. The first kappa shape index (κ1) is 27.7. The van der Waals surface area contributed by atoms with Gasteiger partial charge in [-0.2, -0.15) is 0 Å². The number of hydrogen-bond donors (Lipinski definition) is 4. The number of hydrogen-bond acceptors (Lipinski definition) is 6. The van der Waals surface area contributed by atoms with Crippen molar-refractivity contribution in [3.8, 4) is 23.1 Å². The zero-order valence-corrected chi connectivity index (χ0v) is 22.2. The molecule has 9 nitrogen and oxygen atoms in total. The molecule has 0 spiro atoms. The van der Waals surface area contributed by atoms with E-state index in [9.17, 15) is 19.5 Å².